The summed E-state index contributed by atoms with van der Waals surface area (Å²) in [4.78, 5) is 76.6. The fraction of sp³-hybridized carbons (Fsp3) is 0.120. The Hall–Kier alpha value is -8.84. The van der Waals surface area contributed by atoms with E-state index in [0.29, 0.717) is 60.3 Å². The van der Waals surface area contributed by atoms with Crippen molar-refractivity contribution in [2.45, 2.75) is 41.5 Å². The molecule has 4 aromatic heterocycles. The summed E-state index contributed by atoms with van der Waals surface area (Å²) in [5.74, 6) is -1.02. The van der Waals surface area contributed by atoms with Crippen LogP contribution in [-0.4, -0.2) is 144 Å². The topological polar surface area (TPSA) is 120 Å². The van der Waals surface area contributed by atoms with Crippen LogP contribution in [0.25, 0.3) is 6.08 Å². The molecule has 8 aromatic carbocycles. The van der Waals surface area contributed by atoms with Gasteiger partial charge in [-0.05, 0) is 50.3 Å². The Kier molecular flexibility index (Phi) is 32.6. The van der Waals surface area contributed by atoms with Crippen molar-refractivity contribution >= 4 is 210 Å². The normalized spacial score (nSPS) is 12.2. The van der Waals surface area contributed by atoms with Gasteiger partial charge >= 0.3 is 493 Å². The SMILES string of the molecule is C.CCN1C(=O)C(=Cc2ccc(N(c3ccccc3)c3ccccc3)[se]2)C(=O)N(CC)C1=S.CCN1C(=O)CC(=O)N(CC)C1=S.Ic1ccc[se]1.O=Cc1ccc(N(c2ccccc2)c2ccccc2)[se]1.c1ccc(N(c2ccccc2)c2ccc[se]2)cc1.c1ccc(Nc2ccccc2)cc1. The molecule has 2 saturated heterocycles. The summed E-state index contributed by atoms with van der Waals surface area (Å²) in [7, 11) is 0. The molecule has 0 spiro atoms. The molecule has 524 valence electrons. The molecule has 14 rings (SSSR count). The summed E-state index contributed by atoms with van der Waals surface area (Å²) in [5, 5.41) is 3.93. The zero-order valence-electron chi connectivity index (χ0n) is 56.6. The number of amides is 4. The maximum Gasteiger partial charge on any atom is 0.0384 e. The Labute approximate surface area is 653 Å². The monoisotopic (exact) mass is 1780 g/mol. The predicted octanol–water partition coefficient (Wildman–Crippen LogP) is 18.6. The van der Waals surface area contributed by atoms with Crippen molar-refractivity contribution in [2.24, 2.45) is 0 Å². The number of aldehydes is 1. The van der Waals surface area contributed by atoms with Gasteiger partial charge in [0, 0.05) is 24.5 Å². The Bertz CT molecular complexity index is 4400. The van der Waals surface area contributed by atoms with Crippen LogP contribution >= 0.6 is 47.0 Å². The molecule has 0 saturated carbocycles. The smallest absolute Gasteiger partial charge is 0.0384 e. The van der Waals surface area contributed by atoms with E-state index in [1.807, 2.05) is 179 Å². The van der Waals surface area contributed by atoms with Gasteiger partial charge in [0.2, 0.25) is 11.8 Å². The summed E-state index contributed by atoms with van der Waals surface area (Å²) >= 11 is 13.8. The summed E-state index contributed by atoms with van der Waals surface area (Å²) in [6.07, 6.45) is 2.65. The van der Waals surface area contributed by atoms with Crippen LogP contribution in [0.5, 0.6) is 0 Å². The first-order chi connectivity index (χ1) is 49.8. The van der Waals surface area contributed by atoms with Crippen LogP contribution in [0.1, 0.15) is 55.2 Å². The summed E-state index contributed by atoms with van der Waals surface area (Å²) in [6.45, 7) is 9.33. The molecule has 1 N–H and O–H groups in total. The van der Waals surface area contributed by atoms with Gasteiger partial charge in [-0.1, -0.05) is 43.8 Å². The summed E-state index contributed by atoms with van der Waals surface area (Å²) in [6, 6.07) is 98.9. The molecular formula is C83H79IN8O5S2Se4. The third-order valence-electron chi connectivity index (χ3n) is 15.2. The number of hydrogen-bond donors (Lipinski definition) is 1. The number of nitrogens with one attached hydrogen (secondary N) is 1. The summed E-state index contributed by atoms with van der Waals surface area (Å²) in [5.41, 5.74) is 9.23. The molecule has 6 heterocycles. The van der Waals surface area contributed by atoms with E-state index >= 15 is 0 Å². The van der Waals surface area contributed by atoms with Crippen molar-refractivity contribution in [3.63, 3.8) is 0 Å². The number of halogens is 1. The number of nitrogens with zero attached hydrogens (tertiary/aromatic N) is 7. The Morgan fingerprint density at radius 1 is 0.388 bits per heavy atom. The largest absolute Gasteiger partial charge is 0.356 e. The molecule has 0 aliphatic carbocycles. The van der Waals surface area contributed by atoms with Gasteiger partial charge in [-0.2, -0.15) is 0 Å². The molecule has 0 bridgehead atoms. The number of thiocarbonyl (C=S) groups is 2. The van der Waals surface area contributed by atoms with Crippen LogP contribution in [0, 0.1) is 2.44 Å². The van der Waals surface area contributed by atoms with Crippen LogP contribution in [0.2, 0.25) is 0 Å². The van der Waals surface area contributed by atoms with Crippen LogP contribution in [0.4, 0.5) is 59.2 Å². The third kappa shape index (κ3) is 22.6. The van der Waals surface area contributed by atoms with Crippen molar-refractivity contribution in [2.75, 3.05) is 46.2 Å². The van der Waals surface area contributed by atoms with Gasteiger partial charge < -0.3 is 5.32 Å². The van der Waals surface area contributed by atoms with Gasteiger partial charge in [-0.25, -0.2) is 0 Å². The molecule has 0 atom stereocenters. The zero-order chi connectivity index (χ0) is 72.0. The Morgan fingerprint density at radius 3 is 0.990 bits per heavy atom. The fourth-order valence-corrected chi connectivity index (χ4v) is 18.7. The number of likely N-dealkylation sites (N-methyl/N-ethyl adjacent to an activating group) is 2. The molecule has 13 nitrogen and oxygen atoms in total. The molecule has 2 fully saturated rings. The Balaban J connectivity index is 0.000000166. The average molecular weight is 1780 g/mol. The second-order valence-corrected chi connectivity index (χ2v) is 33.9. The molecular weight excluding hydrogens is 1700 g/mol. The van der Waals surface area contributed by atoms with Gasteiger partial charge in [0.25, 0.3) is 0 Å². The molecule has 0 radical (unpaired) electrons. The molecule has 2 aliphatic rings. The van der Waals surface area contributed by atoms with E-state index in [1.165, 1.54) is 42.5 Å². The predicted molar refractivity (Wildman–Crippen MR) is 446 cm³/mol. The second kappa shape index (κ2) is 42.1. The van der Waals surface area contributed by atoms with Crippen molar-refractivity contribution < 1.29 is 24.0 Å². The number of carbonyl (C=O) groups excluding carboxylic acids is 5. The van der Waals surface area contributed by atoms with Gasteiger partial charge in [0.1, 0.15) is 6.42 Å². The van der Waals surface area contributed by atoms with Gasteiger partial charge in [0.05, 0.1) is 0 Å². The maximum atomic E-state index is 13.0. The van der Waals surface area contributed by atoms with Crippen molar-refractivity contribution in [1.82, 2.24) is 19.6 Å². The van der Waals surface area contributed by atoms with Gasteiger partial charge in [-0.3, -0.25) is 19.4 Å². The zero-order valence-corrected chi connectivity index (χ0v) is 67.2. The molecule has 4 amide bonds. The molecule has 20 heteroatoms. The first-order valence-electron chi connectivity index (χ1n) is 32.8. The van der Waals surface area contributed by atoms with Crippen LogP contribution < -0.4 is 20.0 Å². The number of benzene rings is 8. The standard InChI is InChI=1S/C25H23N3O2SSe.C17H13NOSe.C16H13NSe.C12H11N.C8H12N2O2S.C4H3ISe.CH4/c1-3-26-23(29)21(24(30)27(4-2)25(26)31)17-20-15-16-22(32-20)28(18-11-7-5-8-12-18)19-13-9-6-10-14-19;19-13-16-11-12-17(20-16)18(14-7-3-1-4-8-14)15-9-5-2-6-10-15;1-3-8-14(9-4-1)17(16-12-7-13-18-16)15-10-5-2-6-11-15;1-3-7-11(8-4-1)13-12-9-5-2-6-10-12;1-3-9-6(11)5-7(12)10(4-2)8(9)13;5-4-2-1-3-6-4;/h5-17H,3-4H2,1-2H3;1-13H;1-13H;1-10,13H;3-5H2,1-2H3;1-3H;1H4. The van der Waals surface area contributed by atoms with E-state index in [-0.39, 0.29) is 77.2 Å². The molecule has 2 aliphatic heterocycles. The van der Waals surface area contributed by atoms with Crippen LogP contribution in [0.3, 0.4) is 0 Å². The van der Waals surface area contributed by atoms with E-state index in [9.17, 15) is 24.0 Å². The van der Waals surface area contributed by atoms with Crippen LogP contribution in [0.15, 0.2) is 307 Å². The maximum absolute atomic E-state index is 13.0. The fourth-order valence-electron chi connectivity index (χ4n) is 10.4. The number of hydrogen-bond acceptors (Lipinski definition) is 11. The minimum atomic E-state index is -0.319. The van der Waals surface area contributed by atoms with E-state index in [2.05, 4.69) is 192 Å². The number of anilines is 11. The van der Waals surface area contributed by atoms with E-state index in [1.54, 1.807) is 6.08 Å². The number of carbonyl (C=O) groups is 5. The van der Waals surface area contributed by atoms with E-state index < -0.39 is 0 Å². The molecule has 0 unspecified atom stereocenters. The van der Waals surface area contributed by atoms with E-state index in [0.717, 1.165) is 53.8 Å². The first-order valence-corrected chi connectivity index (χ1v) is 41.8. The molecule has 103 heavy (non-hydrogen) atoms. The minimum absolute atomic E-state index is 0. The average Bonchev–Trinajstić information content (AvgIpc) is 1.18. The number of rotatable bonds is 17. The van der Waals surface area contributed by atoms with Crippen molar-refractivity contribution in [3.8, 4) is 0 Å². The van der Waals surface area contributed by atoms with Crippen molar-refractivity contribution in [1.29, 1.82) is 0 Å². The molecule has 12 aromatic rings. The quantitative estimate of drug-likeness (QED) is 0.0178. The third-order valence-corrected chi connectivity index (χ3v) is 25.2. The number of para-hydroxylation sites is 8. The second-order valence-electron chi connectivity index (χ2n) is 21.9. The van der Waals surface area contributed by atoms with Gasteiger partial charge in [0.15, 0.2) is 5.11 Å². The first kappa shape index (κ1) is 79.9. The van der Waals surface area contributed by atoms with Gasteiger partial charge in [-0.15, -0.1) is 0 Å². The minimum Gasteiger partial charge on any atom is -0.356 e. The van der Waals surface area contributed by atoms with Crippen LogP contribution in [-0.2, 0) is 19.2 Å². The summed E-state index contributed by atoms with van der Waals surface area (Å²) < 4.78 is 7.04. The van der Waals surface area contributed by atoms with E-state index in [4.69, 9.17) is 24.4 Å². The Morgan fingerprint density at radius 2 is 0.699 bits per heavy atom. The van der Waals surface area contributed by atoms with Crippen molar-refractivity contribution in [3.05, 3.63) is 318 Å².